The Morgan fingerprint density at radius 3 is 2.52 bits per heavy atom. The van der Waals surface area contributed by atoms with Crippen LogP contribution < -0.4 is 14.8 Å². The van der Waals surface area contributed by atoms with Gasteiger partial charge in [0.05, 0.1) is 6.04 Å². The van der Waals surface area contributed by atoms with E-state index in [9.17, 15) is 4.79 Å². The van der Waals surface area contributed by atoms with Gasteiger partial charge in [-0.2, -0.15) is 0 Å². The van der Waals surface area contributed by atoms with Crippen molar-refractivity contribution in [2.75, 3.05) is 13.2 Å². The summed E-state index contributed by atoms with van der Waals surface area (Å²) >= 11 is 0. The Balaban J connectivity index is 1.56. The number of carbonyl (C=O) groups excluding carboxylic acids is 1. The molecule has 0 saturated carbocycles. The van der Waals surface area contributed by atoms with Crippen LogP contribution in [0, 0.1) is 6.92 Å². The quantitative estimate of drug-likeness (QED) is 0.866. The van der Waals surface area contributed by atoms with Crippen molar-refractivity contribution >= 4 is 5.91 Å². The van der Waals surface area contributed by atoms with Crippen molar-refractivity contribution in [1.29, 1.82) is 0 Å². The third kappa shape index (κ3) is 4.53. The molecule has 0 saturated heterocycles. The summed E-state index contributed by atoms with van der Waals surface area (Å²) in [5, 5.41) is 3.14. The topological polar surface area (TPSA) is 47.6 Å². The minimum atomic E-state index is 0.0633. The van der Waals surface area contributed by atoms with Crippen LogP contribution in [0.1, 0.15) is 42.5 Å². The highest BCUT2D eigenvalue weighted by atomic mass is 16.6. The number of amides is 1. The fraction of sp³-hybridized carbons (Fsp3) is 0.381. The highest BCUT2D eigenvalue weighted by Gasteiger charge is 2.14. The minimum absolute atomic E-state index is 0.0633. The molecule has 1 heterocycles. The van der Waals surface area contributed by atoms with Gasteiger partial charge < -0.3 is 14.8 Å². The smallest absolute Gasteiger partial charge is 0.220 e. The Labute approximate surface area is 149 Å². The van der Waals surface area contributed by atoms with Gasteiger partial charge in [0.15, 0.2) is 11.5 Å². The van der Waals surface area contributed by atoms with Crippen LogP contribution >= 0.6 is 0 Å². The summed E-state index contributed by atoms with van der Waals surface area (Å²) in [6.45, 7) is 5.32. The van der Waals surface area contributed by atoms with Crippen LogP contribution in [0.3, 0.4) is 0 Å². The number of carbonyl (C=O) groups is 1. The van der Waals surface area contributed by atoms with Crippen LogP contribution in [-0.2, 0) is 11.2 Å². The van der Waals surface area contributed by atoms with Gasteiger partial charge in [0, 0.05) is 6.42 Å². The Morgan fingerprint density at radius 2 is 1.80 bits per heavy atom. The normalized spacial score (nSPS) is 14.0. The lowest BCUT2D eigenvalue weighted by atomic mass is 10.0. The average Bonchev–Trinajstić information content (AvgIpc) is 2.65. The van der Waals surface area contributed by atoms with Crippen LogP contribution in [0.25, 0.3) is 0 Å². The summed E-state index contributed by atoms with van der Waals surface area (Å²) in [5.41, 5.74) is 3.46. The van der Waals surface area contributed by atoms with E-state index >= 15 is 0 Å². The molecular formula is C21H25NO3. The average molecular weight is 339 g/mol. The van der Waals surface area contributed by atoms with Gasteiger partial charge in [-0.15, -0.1) is 0 Å². The molecule has 0 bridgehead atoms. The number of fused-ring (bicyclic) bond motifs is 1. The molecule has 0 unspecified atom stereocenters. The summed E-state index contributed by atoms with van der Waals surface area (Å²) < 4.78 is 11.1. The fourth-order valence-electron chi connectivity index (χ4n) is 2.99. The van der Waals surface area contributed by atoms with Crippen molar-refractivity contribution < 1.29 is 14.3 Å². The predicted octanol–water partition coefficient (Wildman–Crippen LogP) is 3.97. The summed E-state index contributed by atoms with van der Waals surface area (Å²) in [6, 6.07) is 14.3. The Morgan fingerprint density at radius 1 is 1.08 bits per heavy atom. The molecule has 1 amide bonds. The molecule has 0 spiro atoms. The SMILES string of the molecule is CC[C@@H](NC(=O)CCc1ccc2c(c1)OCCO2)c1ccc(C)cc1. The molecule has 3 rings (SSSR count). The highest BCUT2D eigenvalue weighted by molar-refractivity contribution is 5.76. The monoisotopic (exact) mass is 339 g/mol. The molecule has 25 heavy (non-hydrogen) atoms. The molecule has 0 aliphatic carbocycles. The van der Waals surface area contributed by atoms with Crippen LogP contribution in [0.5, 0.6) is 11.5 Å². The van der Waals surface area contributed by atoms with Crippen LogP contribution in [0.2, 0.25) is 0 Å². The Hall–Kier alpha value is -2.49. The second-order valence-electron chi connectivity index (χ2n) is 6.42. The molecule has 0 fully saturated rings. The van der Waals surface area contributed by atoms with Crippen LogP contribution in [0.4, 0.5) is 0 Å². The van der Waals surface area contributed by atoms with E-state index < -0.39 is 0 Å². The first kappa shape index (κ1) is 17.3. The number of benzene rings is 2. The molecule has 2 aromatic carbocycles. The van der Waals surface area contributed by atoms with Crippen molar-refractivity contribution in [3.8, 4) is 11.5 Å². The molecule has 1 atom stereocenters. The standard InChI is InChI=1S/C21H25NO3/c1-3-18(17-8-4-15(2)5-9-17)22-21(23)11-7-16-6-10-19-20(14-16)25-13-12-24-19/h4-6,8-10,14,18H,3,7,11-13H2,1-2H3,(H,22,23)/t18-/m1/s1. The van der Waals surface area contributed by atoms with Crippen molar-refractivity contribution in [1.82, 2.24) is 5.32 Å². The first-order valence-corrected chi connectivity index (χ1v) is 8.90. The summed E-state index contributed by atoms with van der Waals surface area (Å²) in [7, 11) is 0. The summed E-state index contributed by atoms with van der Waals surface area (Å²) in [6.07, 6.45) is 2.02. The maximum Gasteiger partial charge on any atom is 0.220 e. The van der Waals surface area contributed by atoms with E-state index in [1.807, 2.05) is 18.2 Å². The van der Waals surface area contributed by atoms with E-state index in [2.05, 4.69) is 43.4 Å². The largest absolute Gasteiger partial charge is 0.486 e. The maximum absolute atomic E-state index is 12.3. The van der Waals surface area contributed by atoms with Gasteiger partial charge in [-0.25, -0.2) is 0 Å². The third-order valence-corrected chi connectivity index (χ3v) is 4.47. The molecule has 0 aromatic heterocycles. The summed E-state index contributed by atoms with van der Waals surface area (Å²) in [4.78, 5) is 12.3. The van der Waals surface area contributed by atoms with Crippen LogP contribution in [0.15, 0.2) is 42.5 Å². The number of hydrogen-bond acceptors (Lipinski definition) is 3. The van der Waals surface area contributed by atoms with E-state index in [4.69, 9.17) is 9.47 Å². The number of rotatable bonds is 6. The van der Waals surface area contributed by atoms with Crippen molar-refractivity contribution in [3.63, 3.8) is 0 Å². The molecule has 0 radical (unpaired) electrons. The number of hydrogen-bond donors (Lipinski definition) is 1. The van der Waals surface area contributed by atoms with Gasteiger partial charge in [-0.05, 0) is 43.0 Å². The van der Waals surface area contributed by atoms with Crippen molar-refractivity contribution in [3.05, 3.63) is 59.2 Å². The maximum atomic E-state index is 12.3. The zero-order chi connectivity index (χ0) is 17.6. The zero-order valence-electron chi connectivity index (χ0n) is 14.9. The molecule has 132 valence electrons. The number of nitrogens with one attached hydrogen (secondary N) is 1. The molecule has 2 aromatic rings. The lowest BCUT2D eigenvalue weighted by molar-refractivity contribution is -0.121. The molecule has 4 nitrogen and oxygen atoms in total. The minimum Gasteiger partial charge on any atom is -0.486 e. The predicted molar refractivity (Wildman–Crippen MR) is 98.1 cm³/mol. The first-order chi connectivity index (χ1) is 12.2. The first-order valence-electron chi connectivity index (χ1n) is 8.90. The van der Waals surface area contributed by atoms with Gasteiger partial charge in [0.2, 0.25) is 5.91 Å². The second kappa shape index (κ2) is 8.06. The van der Waals surface area contributed by atoms with Gasteiger partial charge in [-0.3, -0.25) is 4.79 Å². The van der Waals surface area contributed by atoms with E-state index in [-0.39, 0.29) is 11.9 Å². The molecule has 1 aliphatic rings. The number of ether oxygens (including phenoxy) is 2. The fourth-order valence-corrected chi connectivity index (χ4v) is 2.99. The number of aryl methyl sites for hydroxylation is 2. The highest BCUT2D eigenvalue weighted by Crippen LogP contribution is 2.31. The van der Waals surface area contributed by atoms with Gasteiger partial charge in [0.1, 0.15) is 13.2 Å². The second-order valence-corrected chi connectivity index (χ2v) is 6.42. The van der Waals surface area contributed by atoms with Gasteiger partial charge >= 0.3 is 0 Å². The molecular weight excluding hydrogens is 314 g/mol. The Bertz CT molecular complexity index is 724. The van der Waals surface area contributed by atoms with Crippen molar-refractivity contribution in [2.24, 2.45) is 0 Å². The van der Waals surface area contributed by atoms with E-state index in [0.29, 0.717) is 26.1 Å². The summed E-state index contributed by atoms with van der Waals surface area (Å²) in [5.74, 6) is 1.63. The molecule has 1 N–H and O–H groups in total. The van der Waals surface area contributed by atoms with Crippen LogP contribution in [-0.4, -0.2) is 19.1 Å². The third-order valence-electron chi connectivity index (χ3n) is 4.47. The van der Waals surface area contributed by atoms with E-state index in [1.54, 1.807) is 0 Å². The van der Waals surface area contributed by atoms with E-state index in [0.717, 1.165) is 29.0 Å². The van der Waals surface area contributed by atoms with Gasteiger partial charge in [-0.1, -0.05) is 42.8 Å². The lowest BCUT2D eigenvalue weighted by Crippen LogP contribution is -2.28. The van der Waals surface area contributed by atoms with Crippen molar-refractivity contribution in [2.45, 2.75) is 39.2 Å². The van der Waals surface area contributed by atoms with E-state index in [1.165, 1.54) is 5.56 Å². The zero-order valence-corrected chi connectivity index (χ0v) is 14.9. The van der Waals surface area contributed by atoms with Gasteiger partial charge in [0.25, 0.3) is 0 Å². The Kier molecular flexibility index (Phi) is 5.59. The molecule has 4 heteroatoms. The lowest BCUT2D eigenvalue weighted by Gasteiger charge is -2.19. The molecule has 1 aliphatic heterocycles.